The molecule has 8 heteroatoms. The third kappa shape index (κ3) is 9.67. The number of benzene rings is 2. The van der Waals surface area contributed by atoms with Crippen molar-refractivity contribution in [1.82, 2.24) is 0 Å². The Morgan fingerprint density at radius 2 is 1.39 bits per heavy atom. The Morgan fingerprint density at radius 1 is 0.871 bits per heavy atom. The van der Waals surface area contributed by atoms with Crippen molar-refractivity contribution >= 4 is 17.3 Å². The molecule has 0 aliphatic heterocycles. The number of azo groups is 1. The highest BCUT2D eigenvalue weighted by molar-refractivity contribution is 5.86. The van der Waals surface area contributed by atoms with Gasteiger partial charge in [-0.15, -0.1) is 0 Å². The summed E-state index contributed by atoms with van der Waals surface area (Å²) in [5, 5.41) is 17.1. The van der Waals surface area contributed by atoms with Gasteiger partial charge in [0.25, 0.3) is 0 Å². The molecular formula is C23H25N3O5. The summed E-state index contributed by atoms with van der Waals surface area (Å²) in [7, 11) is 0. The van der Waals surface area contributed by atoms with E-state index < -0.39 is 5.97 Å². The highest BCUT2D eigenvalue weighted by atomic mass is 16.6. The number of carbonyl (C=O) groups is 1. The molecule has 0 amide bonds. The predicted molar refractivity (Wildman–Crippen MR) is 115 cm³/mol. The maximum absolute atomic E-state index is 11.2. The van der Waals surface area contributed by atoms with Gasteiger partial charge in [-0.2, -0.15) is 15.5 Å². The molecule has 2 aromatic carbocycles. The molecule has 0 N–H and O–H groups in total. The van der Waals surface area contributed by atoms with E-state index >= 15 is 0 Å². The summed E-state index contributed by atoms with van der Waals surface area (Å²) in [6.07, 6.45) is 0. The lowest BCUT2D eigenvalue weighted by atomic mass is 10.2. The molecule has 0 fully saturated rings. The Balaban J connectivity index is 1.55. The van der Waals surface area contributed by atoms with Crippen molar-refractivity contribution in [2.45, 2.75) is 6.92 Å². The van der Waals surface area contributed by atoms with Crippen LogP contribution in [0.4, 0.5) is 11.4 Å². The van der Waals surface area contributed by atoms with Crippen molar-refractivity contribution in [3.63, 3.8) is 0 Å². The zero-order valence-corrected chi connectivity index (χ0v) is 17.5. The van der Waals surface area contributed by atoms with Gasteiger partial charge in [-0.1, -0.05) is 6.58 Å². The molecule has 0 saturated carbocycles. The minimum atomic E-state index is -0.417. The molecule has 0 unspecified atom stereocenters. The Morgan fingerprint density at radius 3 is 1.94 bits per heavy atom. The number of rotatable bonds is 13. The normalized spacial score (nSPS) is 10.6. The van der Waals surface area contributed by atoms with E-state index in [2.05, 4.69) is 22.9 Å². The van der Waals surface area contributed by atoms with Crippen LogP contribution in [-0.4, -0.2) is 45.6 Å². The molecule has 0 aromatic heterocycles. The van der Waals surface area contributed by atoms with E-state index in [9.17, 15) is 4.79 Å². The van der Waals surface area contributed by atoms with E-state index in [0.29, 0.717) is 61.3 Å². The van der Waals surface area contributed by atoms with Crippen molar-refractivity contribution in [3.05, 3.63) is 66.2 Å². The quantitative estimate of drug-likeness (QED) is 0.203. The Labute approximate surface area is 181 Å². The maximum Gasteiger partial charge on any atom is 0.333 e. The average Bonchev–Trinajstić information content (AvgIpc) is 2.79. The summed E-state index contributed by atoms with van der Waals surface area (Å²) in [6, 6.07) is 16.2. The molecule has 162 valence electrons. The van der Waals surface area contributed by atoms with E-state index in [4.69, 9.17) is 24.2 Å². The van der Waals surface area contributed by atoms with Crippen molar-refractivity contribution < 1.29 is 23.7 Å². The number of carbonyl (C=O) groups excluding carboxylic acids is 1. The molecule has 8 nitrogen and oxygen atoms in total. The molecule has 31 heavy (non-hydrogen) atoms. The van der Waals surface area contributed by atoms with Crippen LogP contribution in [0.15, 0.2) is 70.9 Å². The van der Waals surface area contributed by atoms with Crippen LogP contribution in [-0.2, 0) is 19.0 Å². The van der Waals surface area contributed by atoms with Crippen LogP contribution in [0.2, 0.25) is 0 Å². The van der Waals surface area contributed by atoms with Gasteiger partial charge in [0.1, 0.15) is 19.0 Å². The molecule has 0 atom stereocenters. The van der Waals surface area contributed by atoms with Gasteiger partial charge in [0.05, 0.1) is 49.4 Å². The number of hydrogen-bond acceptors (Lipinski definition) is 8. The van der Waals surface area contributed by atoms with E-state index in [0.717, 1.165) is 0 Å². The molecule has 0 heterocycles. The Bertz CT molecular complexity index is 902. The predicted octanol–water partition coefficient (Wildman–Crippen LogP) is 4.50. The lowest BCUT2D eigenvalue weighted by molar-refractivity contribution is -0.140. The molecule has 0 aliphatic rings. The van der Waals surface area contributed by atoms with Crippen LogP contribution >= 0.6 is 0 Å². The third-order valence-electron chi connectivity index (χ3n) is 3.79. The fourth-order valence-electron chi connectivity index (χ4n) is 2.18. The first-order valence-electron chi connectivity index (χ1n) is 9.71. The molecule has 0 bridgehead atoms. The molecule has 2 aromatic rings. The first-order chi connectivity index (χ1) is 15.1. The van der Waals surface area contributed by atoms with Crippen LogP contribution in [0, 0.1) is 11.3 Å². The molecule has 0 aliphatic carbocycles. The average molecular weight is 423 g/mol. The minimum Gasteiger partial charge on any atom is -0.491 e. The van der Waals surface area contributed by atoms with Crippen LogP contribution in [0.1, 0.15) is 12.5 Å². The van der Waals surface area contributed by atoms with Crippen molar-refractivity contribution in [1.29, 1.82) is 5.26 Å². The zero-order valence-electron chi connectivity index (χ0n) is 17.5. The Kier molecular flexibility index (Phi) is 10.4. The van der Waals surface area contributed by atoms with Gasteiger partial charge in [0.15, 0.2) is 0 Å². The second kappa shape index (κ2) is 13.6. The SMILES string of the molecule is C=C(C)C(=O)OCCOCCOCCOc1ccc(N=Nc2ccc(C#N)cc2)cc1. The van der Waals surface area contributed by atoms with Crippen LogP contribution in [0.25, 0.3) is 0 Å². The summed E-state index contributed by atoms with van der Waals surface area (Å²) in [4.78, 5) is 11.2. The van der Waals surface area contributed by atoms with Crippen molar-refractivity contribution in [2.75, 3.05) is 39.6 Å². The van der Waals surface area contributed by atoms with Crippen molar-refractivity contribution in [2.24, 2.45) is 10.2 Å². The lowest BCUT2D eigenvalue weighted by Crippen LogP contribution is -2.14. The van der Waals surface area contributed by atoms with E-state index in [1.165, 1.54) is 0 Å². The number of nitrogens with zero attached hydrogens (tertiary/aromatic N) is 3. The van der Waals surface area contributed by atoms with Gasteiger partial charge in [-0.25, -0.2) is 4.79 Å². The first kappa shape index (κ1) is 23.7. The molecule has 0 radical (unpaired) electrons. The summed E-state index contributed by atoms with van der Waals surface area (Å²) < 4.78 is 21.2. The minimum absolute atomic E-state index is 0.192. The van der Waals surface area contributed by atoms with Crippen molar-refractivity contribution in [3.8, 4) is 11.8 Å². The third-order valence-corrected chi connectivity index (χ3v) is 3.79. The molecule has 0 saturated heterocycles. The molecular weight excluding hydrogens is 398 g/mol. The van der Waals surface area contributed by atoms with Crippen LogP contribution in [0.5, 0.6) is 5.75 Å². The zero-order chi connectivity index (χ0) is 22.3. The summed E-state index contributed by atoms with van der Waals surface area (Å²) in [5.41, 5.74) is 2.32. The second-order valence-electron chi connectivity index (χ2n) is 6.34. The fourth-order valence-corrected chi connectivity index (χ4v) is 2.18. The summed E-state index contributed by atoms with van der Waals surface area (Å²) >= 11 is 0. The lowest BCUT2D eigenvalue weighted by Gasteiger charge is -2.08. The molecule has 0 spiro atoms. The van der Waals surface area contributed by atoms with Crippen LogP contribution < -0.4 is 4.74 Å². The highest BCUT2D eigenvalue weighted by Crippen LogP contribution is 2.21. The van der Waals surface area contributed by atoms with E-state index in [1.807, 2.05) is 12.1 Å². The first-order valence-corrected chi connectivity index (χ1v) is 9.71. The van der Waals surface area contributed by atoms with Gasteiger partial charge in [-0.05, 0) is 55.5 Å². The van der Waals surface area contributed by atoms with E-state index in [-0.39, 0.29) is 6.61 Å². The fraction of sp³-hybridized carbons (Fsp3) is 0.304. The summed E-state index contributed by atoms with van der Waals surface area (Å²) in [6.45, 7) is 7.26. The Hall–Kier alpha value is -3.54. The van der Waals surface area contributed by atoms with Gasteiger partial charge >= 0.3 is 5.97 Å². The monoisotopic (exact) mass is 423 g/mol. The number of nitriles is 1. The van der Waals surface area contributed by atoms with Gasteiger partial charge < -0.3 is 18.9 Å². The molecule has 2 rings (SSSR count). The smallest absolute Gasteiger partial charge is 0.333 e. The number of esters is 1. The van der Waals surface area contributed by atoms with Gasteiger partial charge in [-0.3, -0.25) is 0 Å². The largest absolute Gasteiger partial charge is 0.491 e. The number of hydrogen-bond donors (Lipinski definition) is 0. The second-order valence-corrected chi connectivity index (χ2v) is 6.34. The van der Waals surface area contributed by atoms with Gasteiger partial charge in [0, 0.05) is 5.57 Å². The number of ether oxygens (including phenoxy) is 4. The summed E-state index contributed by atoms with van der Waals surface area (Å²) in [5.74, 6) is 0.288. The van der Waals surface area contributed by atoms with E-state index in [1.54, 1.807) is 43.3 Å². The van der Waals surface area contributed by atoms with Crippen LogP contribution in [0.3, 0.4) is 0 Å². The van der Waals surface area contributed by atoms with Gasteiger partial charge in [0.2, 0.25) is 0 Å². The highest BCUT2D eigenvalue weighted by Gasteiger charge is 2.02. The standard InChI is InChI=1S/C23H25N3O5/c1-18(2)23(27)31-16-14-29-12-11-28-13-15-30-22-9-7-21(8-10-22)26-25-20-5-3-19(17-24)4-6-20/h3-10H,1,11-16H2,2H3. The maximum atomic E-state index is 11.2. The topological polar surface area (TPSA) is 102 Å².